The first-order valence-corrected chi connectivity index (χ1v) is 5.26. The van der Waals surface area contributed by atoms with Gasteiger partial charge in [0.2, 0.25) is 0 Å². The molecule has 0 N–H and O–H groups in total. The fourth-order valence-corrected chi connectivity index (χ4v) is 0.715. The zero-order valence-electron chi connectivity index (χ0n) is 9.40. The summed E-state index contributed by atoms with van der Waals surface area (Å²) >= 11 is 0. The van der Waals surface area contributed by atoms with Crippen molar-refractivity contribution in [3.05, 3.63) is 12.7 Å². The van der Waals surface area contributed by atoms with E-state index in [1.165, 1.54) is 32.1 Å². The number of unbranched alkanes of at least 4 members (excludes halogenated alkanes) is 4. The van der Waals surface area contributed by atoms with E-state index >= 15 is 0 Å². The van der Waals surface area contributed by atoms with Gasteiger partial charge in [0.15, 0.2) is 0 Å². The van der Waals surface area contributed by atoms with Crippen LogP contribution in [-0.2, 0) is 0 Å². The topological polar surface area (TPSA) is 0 Å². The van der Waals surface area contributed by atoms with Crippen LogP contribution in [0.25, 0.3) is 0 Å². The lowest BCUT2D eigenvalue weighted by Crippen LogP contribution is -1.71. The van der Waals surface area contributed by atoms with E-state index < -0.39 is 0 Å². The molecular formula is C12H26. The van der Waals surface area contributed by atoms with Crippen LogP contribution in [0.5, 0.6) is 0 Å². The molecule has 0 saturated heterocycles. The van der Waals surface area contributed by atoms with Gasteiger partial charge in [-0.05, 0) is 18.8 Å². The Bertz CT molecular complexity index is 69.4. The minimum absolute atomic E-state index is 0.833. The summed E-state index contributed by atoms with van der Waals surface area (Å²) < 4.78 is 0. The summed E-state index contributed by atoms with van der Waals surface area (Å²) in [6.07, 6.45) is 8.61. The van der Waals surface area contributed by atoms with Gasteiger partial charge in [0, 0.05) is 0 Å². The van der Waals surface area contributed by atoms with Crippen LogP contribution in [0, 0.1) is 5.92 Å². The maximum absolute atomic E-state index is 3.66. The summed E-state index contributed by atoms with van der Waals surface area (Å²) in [7, 11) is 0. The van der Waals surface area contributed by atoms with E-state index in [2.05, 4.69) is 34.3 Å². The molecule has 0 heteroatoms. The van der Waals surface area contributed by atoms with Crippen LogP contribution >= 0.6 is 0 Å². The van der Waals surface area contributed by atoms with Crippen molar-refractivity contribution in [3.8, 4) is 0 Å². The van der Waals surface area contributed by atoms with Crippen LogP contribution < -0.4 is 0 Å². The van der Waals surface area contributed by atoms with Gasteiger partial charge in [-0.25, -0.2) is 0 Å². The molecule has 0 rings (SSSR count). The van der Waals surface area contributed by atoms with Gasteiger partial charge in [-0.15, -0.1) is 6.58 Å². The van der Waals surface area contributed by atoms with E-state index in [9.17, 15) is 0 Å². The summed E-state index contributed by atoms with van der Waals surface area (Å²) in [5.74, 6) is 0.833. The van der Waals surface area contributed by atoms with Crippen LogP contribution in [0.3, 0.4) is 0 Å². The first-order valence-electron chi connectivity index (χ1n) is 5.26. The Morgan fingerprint density at radius 3 is 1.92 bits per heavy atom. The molecule has 0 aliphatic heterocycles. The molecule has 0 spiro atoms. The molecule has 0 aromatic carbocycles. The normalized spacial score (nSPS) is 9.08. The van der Waals surface area contributed by atoms with Crippen molar-refractivity contribution in [2.75, 3.05) is 0 Å². The van der Waals surface area contributed by atoms with Crippen LogP contribution in [0.2, 0.25) is 0 Å². The lowest BCUT2D eigenvalue weighted by atomic mass is 10.2. The molecule has 0 aliphatic carbocycles. The molecule has 0 aliphatic rings. The van der Waals surface area contributed by atoms with Crippen LogP contribution in [0.15, 0.2) is 12.7 Å². The first kappa shape index (κ1) is 14.3. The second kappa shape index (κ2) is 13.3. The highest BCUT2D eigenvalue weighted by molar-refractivity contribution is 4.64. The zero-order valence-corrected chi connectivity index (χ0v) is 9.40. The number of hydrogen-bond donors (Lipinski definition) is 0. The van der Waals surface area contributed by atoms with Gasteiger partial charge in [-0.3, -0.25) is 0 Å². The van der Waals surface area contributed by atoms with Crippen molar-refractivity contribution >= 4 is 0 Å². The predicted octanol–water partition coefficient (Wildman–Crippen LogP) is 4.81. The molecule has 0 amide bonds. The number of rotatable bonds is 5. The third-order valence-electron chi connectivity index (χ3n) is 1.26. The summed E-state index contributed by atoms with van der Waals surface area (Å²) in [6.45, 7) is 12.4. The van der Waals surface area contributed by atoms with Gasteiger partial charge < -0.3 is 0 Å². The quantitative estimate of drug-likeness (QED) is 0.410. The van der Waals surface area contributed by atoms with Crippen molar-refractivity contribution < 1.29 is 0 Å². The monoisotopic (exact) mass is 170 g/mol. The molecule has 0 aromatic rings. The summed E-state index contributed by atoms with van der Waals surface area (Å²) in [5, 5.41) is 0. The fourth-order valence-electron chi connectivity index (χ4n) is 0.715. The average molecular weight is 170 g/mol. The maximum atomic E-state index is 3.66. The molecule has 12 heavy (non-hydrogen) atoms. The van der Waals surface area contributed by atoms with E-state index in [0.717, 1.165) is 5.92 Å². The van der Waals surface area contributed by atoms with Crippen molar-refractivity contribution in [3.63, 3.8) is 0 Å². The van der Waals surface area contributed by atoms with Gasteiger partial charge in [-0.1, -0.05) is 53.0 Å². The lowest BCUT2D eigenvalue weighted by molar-refractivity contribution is 0.675. The molecule has 0 saturated carbocycles. The van der Waals surface area contributed by atoms with Crippen molar-refractivity contribution in [2.45, 2.75) is 59.8 Å². The maximum Gasteiger partial charge on any atom is -0.0353 e. The van der Waals surface area contributed by atoms with E-state index in [1.54, 1.807) is 0 Å². The predicted molar refractivity (Wildman–Crippen MR) is 59.5 cm³/mol. The fraction of sp³-hybridized carbons (Fsp3) is 0.833. The molecule has 0 unspecified atom stereocenters. The summed E-state index contributed by atoms with van der Waals surface area (Å²) in [5.41, 5.74) is 0. The Balaban J connectivity index is 0. The SMILES string of the molecule is C=CCCCCCC.CC(C)C. The molecular weight excluding hydrogens is 144 g/mol. The van der Waals surface area contributed by atoms with Crippen molar-refractivity contribution in [2.24, 2.45) is 5.92 Å². The summed E-state index contributed by atoms with van der Waals surface area (Å²) in [4.78, 5) is 0. The third-order valence-corrected chi connectivity index (χ3v) is 1.26. The third kappa shape index (κ3) is 33.1. The molecule has 0 bridgehead atoms. The molecule has 0 atom stereocenters. The highest BCUT2D eigenvalue weighted by atomic mass is 13.9. The molecule has 0 radical (unpaired) electrons. The number of allylic oxidation sites excluding steroid dienone is 1. The second-order valence-corrected chi connectivity index (χ2v) is 3.87. The molecule has 0 aromatic heterocycles. The average Bonchev–Trinajstić information content (AvgIpc) is 1.97. The lowest BCUT2D eigenvalue weighted by Gasteiger charge is -1.91. The van der Waals surface area contributed by atoms with Crippen molar-refractivity contribution in [1.29, 1.82) is 0 Å². The Kier molecular flexibility index (Phi) is 15.9. The molecule has 0 nitrogen and oxygen atoms in total. The Morgan fingerprint density at radius 2 is 1.58 bits per heavy atom. The molecule has 0 fully saturated rings. The van der Waals surface area contributed by atoms with E-state index in [4.69, 9.17) is 0 Å². The highest BCUT2D eigenvalue weighted by Gasteiger charge is 1.81. The van der Waals surface area contributed by atoms with E-state index in [-0.39, 0.29) is 0 Å². The van der Waals surface area contributed by atoms with Gasteiger partial charge in [0.25, 0.3) is 0 Å². The van der Waals surface area contributed by atoms with Crippen molar-refractivity contribution in [1.82, 2.24) is 0 Å². The van der Waals surface area contributed by atoms with E-state index in [0.29, 0.717) is 0 Å². The Morgan fingerprint density at radius 1 is 1.08 bits per heavy atom. The van der Waals surface area contributed by atoms with Gasteiger partial charge in [0.1, 0.15) is 0 Å². The van der Waals surface area contributed by atoms with Gasteiger partial charge in [0.05, 0.1) is 0 Å². The van der Waals surface area contributed by atoms with Crippen LogP contribution in [-0.4, -0.2) is 0 Å². The minimum atomic E-state index is 0.833. The zero-order chi connectivity index (χ0) is 9.82. The first-order chi connectivity index (χ1) is 5.65. The van der Waals surface area contributed by atoms with Gasteiger partial charge in [-0.2, -0.15) is 0 Å². The van der Waals surface area contributed by atoms with Crippen LogP contribution in [0.1, 0.15) is 59.8 Å². The number of hydrogen-bond acceptors (Lipinski definition) is 0. The molecule has 0 heterocycles. The second-order valence-electron chi connectivity index (χ2n) is 3.87. The minimum Gasteiger partial charge on any atom is -0.103 e. The highest BCUT2D eigenvalue weighted by Crippen LogP contribution is 2.01. The largest absolute Gasteiger partial charge is 0.103 e. The summed E-state index contributed by atoms with van der Waals surface area (Å²) in [6, 6.07) is 0. The standard InChI is InChI=1S/C8H16.C4H10/c1-3-5-7-8-6-4-2;1-4(2)3/h3H,1,4-8H2,2H3;4H,1-3H3. The van der Waals surface area contributed by atoms with E-state index in [1.807, 2.05) is 6.08 Å². The Hall–Kier alpha value is -0.260. The smallest absolute Gasteiger partial charge is 0.0353 e. The Labute approximate surface area is 79.1 Å². The van der Waals surface area contributed by atoms with Gasteiger partial charge >= 0.3 is 0 Å². The van der Waals surface area contributed by atoms with Crippen LogP contribution in [0.4, 0.5) is 0 Å². The molecule has 74 valence electrons.